The van der Waals surface area contributed by atoms with E-state index in [9.17, 15) is 14.9 Å². The van der Waals surface area contributed by atoms with Crippen LogP contribution in [0.3, 0.4) is 0 Å². The first kappa shape index (κ1) is 12.0. The summed E-state index contributed by atoms with van der Waals surface area (Å²) in [5.74, 6) is -0.341. The monoisotopic (exact) mass is 265 g/mol. The van der Waals surface area contributed by atoms with E-state index in [1.165, 1.54) is 24.6 Å². The van der Waals surface area contributed by atoms with Gasteiger partial charge in [0.2, 0.25) is 0 Å². The molecule has 0 unspecified atom stereocenters. The highest BCUT2D eigenvalue weighted by Crippen LogP contribution is 2.22. The van der Waals surface area contributed by atoms with Crippen molar-refractivity contribution >= 4 is 28.5 Å². The Kier molecular flexibility index (Phi) is 3.49. The number of hydrazone groups is 1. The van der Waals surface area contributed by atoms with Crippen molar-refractivity contribution in [3.63, 3.8) is 0 Å². The molecule has 0 spiro atoms. The van der Waals surface area contributed by atoms with Crippen molar-refractivity contribution in [2.45, 2.75) is 0 Å². The van der Waals surface area contributed by atoms with Crippen molar-refractivity contribution in [1.29, 1.82) is 0 Å². The number of nitrogens with zero attached hydrogens (tertiary/aromatic N) is 2. The van der Waals surface area contributed by atoms with Crippen molar-refractivity contribution in [3.05, 3.63) is 51.3 Å². The van der Waals surface area contributed by atoms with Crippen molar-refractivity contribution in [2.24, 2.45) is 5.10 Å². The van der Waals surface area contributed by atoms with E-state index >= 15 is 0 Å². The summed E-state index contributed by atoms with van der Waals surface area (Å²) in [5.41, 5.74) is 2.25. The van der Waals surface area contributed by atoms with Gasteiger partial charge in [0.05, 0.1) is 22.3 Å². The lowest BCUT2D eigenvalue weighted by Crippen LogP contribution is -2.16. The molecule has 0 aliphatic carbocycles. The Bertz CT molecular complexity index is 588. The number of carbonyl (C=O) groups is 1. The number of nitro groups is 1. The number of hydrogen-bond acceptors (Lipinski definition) is 6. The van der Waals surface area contributed by atoms with Crippen LogP contribution in [0, 0.1) is 10.1 Å². The van der Waals surface area contributed by atoms with E-state index in [-0.39, 0.29) is 10.8 Å². The highest BCUT2D eigenvalue weighted by molar-refractivity contribution is 7.16. The predicted molar refractivity (Wildman–Crippen MR) is 64.7 cm³/mol. The zero-order valence-electron chi connectivity index (χ0n) is 8.90. The molecular formula is C10H7N3O4S. The smallest absolute Gasteiger partial charge is 0.324 e. The standard InChI is InChI=1S/C10H7N3O4S/c14-10(8-2-1-5-17-8)12-11-6-7-3-4-9(18-7)13(15)16/h1-6H,(H,12,14)/b11-6-. The summed E-state index contributed by atoms with van der Waals surface area (Å²) < 4.78 is 4.86. The van der Waals surface area contributed by atoms with Crippen molar-refractivity contribution in [2.75, 3.05) is 0 Å². The zero-order chi connectivity index (χ0) is 13.0. The Morgan fingerprint density at radius 3 is 2.94 bits per heavy atom. The van der Waals surface area contributed by atoms with E-state index in [0.717, 1.165) is 11.3 Å². The fourth-order valence-corrected chi connectivity index (χ4v) is 1.82. The molecule has 1 amide bonds. The number of nitrogens with one attached hydrogen (secondary N) is 1. The van der Waals surface area contributed by atoms with E-state index < -0.39 is 10.8 Å². The van der Waals surface area contributed by atoms with Crippen molar-refractivity contribution < 1.29 is 14.1 Å². The Hall–Kier alpha value is -2.48. The quantitative estimate of drug-likeness (QED) is 0.519. The maximum Gasteiger partial charge on any atom is 0.324 e. The molecule has 2 rings (SSSR count). The minimum atomic E-state index is -0.484. The maximum atomic E-state index is 11.4. The third kappa shape index (κ3) is 2.80. The summed E-state index contributed by atoms with van der Waals surface area (Å²) in [6, 6.07) is 6.01. The van der Waals surface area contributed by atoms with Crippen LogP contribution in [-0.2, 0) is 0 Å². The van der Waals surface area contributed by atoms with Gasteiger partial charge in [-0.3, -0.25) is 14.9 Å². The number of thiophene rings is 1. The van der Waals surface area contributed by atoms with Gasteiger partial charge in [0.1, 0.15) is 0 Å². The SMILES string of the molecule is O=C(N/N=C\c1ccc([N+](=O)[O-])s1)c1ccco1. The molecule has 0 bridgehead atoms. The zero-order valence-corrected chi connectivity index (χ0v) is 9.72. The molecule has 0 aliphatic heterocycles. The van der Waals surface area contributed by atoms with Crippen LogP contribution in [0.25, 0.3) is 0 Å². The first-order valence-electron chi connectivity index (χ1n) is 4.78. The maximum absolute atomic E-state index is 11.4. The fraction of sp³-hybridized carbons (Fsp3) is 0. The summed E-state index contributed by atoms with van der Waals surface area (Å²) in [7, 11) is 0. The summed E-state index contributed by atoms with van der Waals surface area (Å²) in [6.45, 7) is 0. The van der Waals surface area contributed by atoms with Gasteiger partial charge in [-0.05, 0) is 18.2 Å². The number of hydrogen-bond donors (Lipinski definition) is 1. The second kappa shape index (κ2) is 5.23. The normalized spacial score (nSPS) is 10.7. The lowest BCUT2D eigenvalue weighted by molar-refractivity contribution is -0.380. The van der Waals surface area contributed by atoms with Crippen LogP contribution >= 0.6 is 11.3 Å². The summed E-state index contributed by atoms with van der Waals surface area (Å²) in [4.78, 5) is 21.9. The summed E-state index contributed by atoms with van der Waals surface area (Å²) in [6.07, 6.45) is 2.71. The largest absolute Gasteiger partial charge is 0.459 e. The molecule has 2 aromatic rings. The van der Waals surface area contributed by atoms with Crippen LogP contribution in [-0.4, -0.2) is 17.0 Å². The Morgan fingerprint density at radius 1 is 1.50 bits per heavy atom. The molecule has 8 heteroatoms. The van der Waals surface area contributed by atoms with Crippen LogP contribution in [0.2, 0.25) is 0 Å². The van der Waals surface area contributed by atoms with Gasteiger partial charge in [0.15, 0.2) is 5.76 Å². The molecule has 7 nitrogen and oxygen atoms in total. The van der Waals surface area contributed by atoms with Gasteiger partial charge in [-0.2, -0.15) is 5.10 Å². The lowest BCUT2D eigenvalue weighted by atomic mass is 10.4. The van der Waals surface area contributed by atoms with Crippen molar-refractivity contribution in [3.8, 4) is 0 Å². The van der Waals surface area contributed by atoms with Gasteiger partial charge in [-0.15, -0.1) is 0 Å². The van der Waals surface area contributed by atoms with Gasteiger partial charge >= 0.3 is 10.9 Å². The molecule has 2 aromatic heterocycles. The highest BCUT2D eigenvalue weighted by atomic mass is 32.1. The number of amides is 1. The molecule has 18 heavy (non-hydrogen) atoms. The van der Waals surface area contributed by atoms with Gasteiger partial charge in [-0.1, -0.05) is 11.3 Å². The van der Waals surface area contributed by atoms with Gasteiger partial charge < -0.3 is 4.42 Å². The van der Waals surface area contributed by atoms with Gasteiger partial charge in [0, 0.05) is 6.07 Å². The third-order valence-corrected chi connectivity index (χ3v) is 2.87. The molecule has 0 atom stereocenters. The van der Waals surface area contributed by atoms with E-state index in [1.807, 2.05) is 0 Å². The molecule has 2 heterocycles. The highest BCUT2D eigenvalue weighted by Gasteiger charge is 2.09. The lowest BCUT2D eigenvalue weighted by Gasteiger charge is -1.93. The Labute approximate surface area is 105 Å². The summed E-state index contributed by atoms with van der Waals surface area (Å²) in [5, 5.41) is 14.1. The molecule has 92 valence electrons. The molecule has 0 radical (unpaired) electrons. The fourth-order valence-electron chi connectivity index (χ4n) is 1.13. The molecular weight excluding hydrogens is 258 g/mol. The van der Waals surface area contributed by atoms with Gasteiger partial charge in [0.25, 0.3) is 0 Å². The minimum Gasteiger partial charge on any atom is -0.459 e. The summed E-state index contributed by atoms with van der Waals surface area (Å²) >= 11 is 0.967. The predicted octanol–water partition coefficient (Wildman–Crippen LogP) is 2.01. The first-order valence-corrected chi connectivity index (χ1v) is 5.59. The van der Waals surface area contributed by atoms with Gasteiger partial charge in [-0.25, -0.2) is 5.43 Å². The number of furan rings is 1. The van der Waals surface area contributed by atoms with Crippen molar-refractivity contribution in [1.82, 2.24) is 5.43 Å². The van der Waals surface area contributed by atoms with E-state index in [4.69, 9.17) is 4.42 Å². The Balaban J connectivity index is 1.95. The second-order valence-corrected chi connectivity index (χ2v) is 4.20. The van der Waals surface area contributed by atoms with Crippen LogP contribution in [0.1, 0.15) is 15.4 Å². The second-order valence-electron chi connectivity index (χ2n) is 3.11. The van der Waals surface area contributed by atoms with Crippen LogP contribution in [0.15, 0.2) is 40.0 Å². The molecule has 0 fully saturated rings. The molecule has 0 saturated carbocycles. The van der Waals surface area contributed by atoms with Crippen LogP contribution in [0.5, 0.6) is 0 Å². The van der Waals surface area contributed by atoms with E-state index in [0.29, 0.717) is 4.88 Å². The number of rotatable bonds is 4. The van der Waals surface area contributed by atoms with E-state index in [1.54, 1.807) is 12.1 Å². The van der Waals surface area contributed by atoms with E-state index in [2.05, 4.69) is 10.5 Å². The number of carbonyl (C=O) groups excluding carboxylic acids is 1. The minimum absolute atomic E-state index is 0.0220. The van der Waals surface area contributed by atoms with Crippen LogP contribution in [0.4, 0.5) is 5.00 Å². The molecule has 0 saturated heterocycles. The topological polar surface area (TPSA) is 97.7 Å². The third-order valence-electron chi connectivity index (χ3n) is 1.90. The molecule has 0 aromatic carbocycles. The Morgan fingerprint density at radius 2 is 2.33 bits per heavy atom. The molecule has 0 aliphatic rings. The average Bonchev–Trinajstić information content (AvgIpc) is 3.00. The van der Waals surface area contributed by atoms with Crippen LogP contribution < -0.4 is 5.43 Å². The average molecular weight is 265 g/mol. The first-order chi connectivity index (χ1) is 8.66. The molecule has 1 N–H and O–H groups in total.